The van der Waals surface area contributed by atoms with Crippen LogP contribution in [0.25, 0.3) is 0 Å². The Labute approximate surface area is 118 Å². The van der Waals surface area contributed by atoms with Crippen molar-refractivity contribution in [3.05, 3.63) is 23.8 Å². The van der Waals surface area contributed by atoms with E-state index in [0.717, 1.165) is 7.11 Å². The summed E-state index contributed by atoms with van der Waals surface area (Å²) in [6.07, 6.45) is 5.37. The molecule has 0 aliphatic heterocycles. The van der Waals surface area contributed by atoms with Crippen LogP contribution < -0.4 is 10.5 Å². The van der Waals surface area contributed by atoms with Crippen LogP contribution in [0.3, 0.4) is 0 Å². The maximum absolute atomic E-state index is 12.2. The first-order valence-electron chi connectivity index (χ1n) is 5.75. The number of sulfonamides is 1. The van der Waals surface area contributed by atoms with Crippen LogP contribution in [0.1, 0.15) is 23.7 Å². The number of nitrogen functional groups attached to an aromatic ring is 1. The Hall–Kier alpha value is -2.04. The second-order valence-electron chi connectivity index (χ2n) is 4.18. The molecular weight excluding hydrogens is 280 g/mol. The van der Waals surface area contributed by atoms with Crippen molar-refractivity contribution in [2.45, 2.75) is 24.3 Å². The zero-order chi connectivity index (χ0) is 15.3. The number of esters is 1. The molecule has 0 fully saturated rings. The summed E-state index contributed by atoms with van der Waals surface area (Å²) in [6, 6.07) is 3.46. The van der Waals surface area contributed by atoms with Crippen LogP contribution in [-0.4, -0.2) is 27.5 Å². The summed E-state index contributed by atoms with van der Waals surface area (Å²) in [5, 5.41) is 0. The number of hydrogen-bond donors (Lipinski definition) is 2. The molecule has 7 heteroatoms. The van der Waals surface area contributed by atoms with E-state index in [1.54, 1.807) is 6.92 Å². The standard InChI is InChI=1S/C13H16N2O4S/c1-4-5-9(2)15-20(17,18)12-7-6-10(14)8-11(12)13(16)19-3/h1,6-9,15H,5,14H2,2-3H3. The van der Waals surface area contributed by atoms with E-state index in [9.17, 15) is 13.2 Å². The van der Waals surface area contributed by atoms with E-state index in [2.05, 4.69) is 15.4 Å². The zero-order valence-electron chi connectivity index (χ0n) is 11.2. The minimum Gasteiger partial charge on any atom is -0.465 e. The van der Waals surface area contributed by atoms with Crippen molar-refractivity contribution in [3.63, 3.8) is 0 Å². The van der Waals surface area contributed by atoms with Crippen molar-refractivity contribution in [3.8, 4) is 12.3 Å². The molecule has 20 heavy (non-hydrogen) atoms. The molecule has 3 N–H and O–H groups in total. The van der Waals surface area contributed by atoms with Crippen LogP contribution >= 0.6 is 0 Å². The van der Waals surface area contributed by atoms with Crippen LogP contribution in [0.2, 0.25) is 0 Å². The highest BCUT2D eigenvalue weighted by atomic mass is 32.2. The number of hydrogen-bond acceptors (Lipinski definition) is 5. The van der Waals surface area contributed by atoms with Gasteiger partial charge in [0.15, 0.2) is 0 Å². The molecule has 1 unspecified atom stereocenters. The van der Waals surface area contributed by atoms with Crippen LogP contribution in [-0.2, 0) is 14.8 Å². The number of anilines is 1. The minimum absolute atomic E-state index is 0.118. The fourth-order valence-corrected chi connectivity index (χ4v) is 3.02. The second kappa shape index (κ2) is 6.41. The van der Waals surface area contributed by atoms with E-state index in [-0.39, 0.29) is 22.6 Å². The molecule has 0 bridgehead atoms. The quantitative estimate of drug-likeness (QED) is 0.474. The number of terminal acetylenes is 1. The first kappa shape index (κ1) is 16.0. The van der Waals surface area contributed by atoms with Crippen LogP contribution in [0.5, 0.6) is 0 Å². The van der Waals surface area contributed by atoms with Gasteiger partial charge in [-0.3, -0.25) is 0 Å². The van der Waals surface area contributed by atoms with Gasteiger partial charge in [-0.2, -0.15) is 0 Å². The van der Waals surface area contributed by atoms with Gasteiger partial charge in [0.05, 0.1) is 17.6 Å². The molecule has 6 nitrogen and oxygen atoms in total. The van der Waals surface area contributed by atoms with Crippen molar-refractivity contribution in [1.82, 2.24) is 4.72 Å². The highest BCUT2D eigenvalue weighted by Gasteiger charge is 2.24. The number of nitrogens with two attached hydrogens (primary N) is 1. The number of ether oxygens (including phenoxy) is 1. The summed E-state index contributed by atoms with van der Waals surface area (Å²) in [7, 11) is -2.72. The number of carbonyl (C=O) groups excluding carboxylic acids is 1. The van der Waals surface area contributed by atoms with Crippen LogP contribution in [0, 0.1) is 12.3 Å². The Morgan fingerprint density at radius 3 is 2.75 bits per heavy atom. The molecule has 0 spiro atoms. The fraction of sp³-hybridized carbons (Fsp3) is 0.308. The number of carbonyl (C=O) groups is 1. The number of rotatable bonds is 5. The van der Waals surface area contributed by atoms with Gasteiger partial charge in [-0.15, -0.1) is 12.3 Å². The van der Waals surface area contributed by atoms with Gasteiger partial charge in [0.1, 0.15) is 0 Å². The molecule has 1 atom stereocenters. The number of methoxy groups -OCH3 is 1. The Morgan fingerprint density at radius 2 is 2.20 bits per heavy atom. The third-order valence-electron chi connectivity index (χ3n) is 2.48. The topological polar surface area (TPSA) is 98.5 Å². The Kier molecular flexibility index (Phi) is 5.13. The Morgan fingerprint density at radius 1 is 1.55 bits per heavy atom. The van der Waals surface area contributed by atoms with Crippen molar-refractivity contribution in [1.29, 1.82) is 0 Å². The highest BCUT2D eigenvalue weighted by molar-refractivity contribution is 7.89. The van der Waals surface area contributed by atoms with E-state index < -0.39 is 22.0 Å². The van der Waals surface area contributed by atoms with Gasteiger partial charge in [-0.25, -0.2) is 17.9 Å². The highest BCUT2D eigenvalue weighted by Crippen LogP contribution is 2.20. The van der Waals surface area contributed by atoms with Gasteiger partial charge in [0, 0.05) is 18.2 Å². The molecule has 1 aromatic carbocycles. The molecule has 0 radical (unpaired) electrons. The molecule has 0 aromatic heterocycles. The van der Waals surface area contributed by atoms with Crippen molar-refractivity contribution < 1.29 is 17.9 Å². The lowest BCUT2D eigenvalue weighted by molar-refractivity contribution is 0.0596. The fourth-order valence-electron chi connectivity index (χ4n) is 1.60. The lowest BCUT2D eigenvalue weighted by atomic mass is 10.2. The summed E-state index contributed by atoms with van der Waals surface area (Å²) >= 11 is 0. The predicted molar refractivity (Wildman–Crippen MR) is 75.4 cm³/mol. The third kappa shape index (κ3) is 3.73. The van der Waals surface area contributed by atoms with Gasteiger partial charge in [0.2, 0.25) is 10.0 Å². The van der Waals surface area contributed by atoms with E-state index in [1.165, 1.54) is 18.2 Å². The maximum atomic E-state index is 12.2. The summed E-state index contributed by atoms with van der Waals surface area (Å²) in [5.74, 6) is 1.58. The first-order valence-corrected chi connectivity index (χ1v) is 7.23. The smallest absolute Gasteiger partial charge is 0.339 e. The summed E-state index contributed by atoms with van der Waals surface area (Å²) in [5.41, 5.74) is 5.71. The van der Waals surface area contributed by atoms with Gasteiger partial charge in [-0.1, -0.05) is 0 Å². The molecule has 108 valence electrons. The average Bonchev–Trinajstić information content (AvgIpc) is 2.36. The summed E-state index contributed by atoms with van der Waals surface area (Å²) in [6.45, 7) is 1.63. The predicted octanol–water partition coefficient (Wildman–Crippen LogP) is 0.746. The second-order valence-corrected chi connectivity index (χ2v) is 5.86. The lowest BCUT2D eigenvalue weighted by Gasteiger charge is -2.14. The maximum Gasteiger partial charge on any atom is 0.339 e. The van der Waals surface area contributed by atoms with Gasteiger partial charge < -0.3 is 10.5 Å². The molecule has 0 aliphatic rings. The van der Waals surface area contributed by atoms with E-state index in [4.69, 9.17) is 12.2 Å². The van der Waals surface area contributed by atoms with Gasteiger partial charge >= 0.3 is 5.97 Å². The molecule has 1 rings (SSSR count). The van der Waals surface area contributed by atoms with E-state index in [0.29, 0.717) is 0 Å². The Bertz CT molecular complexity index is 647. The first-order chi connectivity index (χ1) is 9.31. The normalized spacial score (nSPS) is 12.4. The van der Waals surface area contributed by atoms with Crippen molar-refractivity contribution in [2.24, 2.45) is 0 Å². The van der Waals surface area contributed by atoms with Crippen LogP contribution in [0.4, 0.5) is 5.69 Å². The summed E-state index contributed by atoms with van der Waals surface area (Å²) < 4.78 is 31.4. The molecule has 0 heterocycles. The SMILES string of the molecule is C#CCC(C)NS(=O)(=O)c1ccc(N)cc1C(=O)OC. The molecule has 0 amide bonds. The average molecular weight is 296 g/mol. The van der Waals surface area contributed by atoms with E-state index in [1.807, 2.05) is 0 Å². The lowest BCUT2D eigenvalue weighted by Crippen LogP contribution is -2.33. The van der Waals surface area contributed by atoms with Gasteiger partial charge in [-0.05, 0) is 25.1 Å². The zero-order valence-corrected chi connectivity index (χ0v) is 12.0. The van der Waals surface area contributed by atoms with Crippen molar-refractivity contribution in [2.75, 3.05) is 12.8 Å². The largest absolute Gasteiger partial charge is 0.465 e. The molecule has 0 saturated heterocycles. The van der Waals surface area contributed by atoms with E-state index >= 15 is 0 Å². The third-order valence-corrected chi connectivity index (χ3v) is 4.13. The summed E-state index contributed by atoms with van der Waals surface area (Å²) in [4.78, 5) is 11.5. The molecule has 0 saturated carbocycles. The molecular formula is C13H16N2O4S. The van der Waals surface area contributed by atoms with Crippen molar-refractivity contribution >= 4 is 21.7 Å². The van der Waals surface area contributed by atoms with Crippen LogP contribution in [0.15, 0.2) is 23.1 Å². The molecule has 0 aliphatic carbocycles. The number of benzene rings is 1. The monoisotopic (exact) mass is 296 g/mol. The molecule has 1 aromatic rings. The number of nitrogens with one attached hydrogen (secondary N) is 1. The minimum atomic E-state index is -3.89. The Balaban J connectivity index is 3.25. The van der Waals surface area contributed by atoms with Gasteiger partial charge in [0.25, 0.3) is 0 Å².